The van der Waals surface area contributed by atoms with Gasteiger partial charge >= 0.3 is 5.97 Å². The van der Waals surface area contributed by atoms with E-state index in [1.807, 2.05) is 0 Å². The topological polar surface area (TPSA) is 93.6 Å². The summed E-state index contributed by atoms with van der Waals surface area (Å²) in [6.45, 7) is -0.587. The van der Waals surface area contributed by atoms with Gasteiger partial charge in [0, 0.05) is 16.1 Å². The van der Waals surface area contributed by atoms with Crippen molar-refractivity contribution < 1.29 is 23.1 Å². The first-order valence-electron chi connectivity index (χ1n) is 5.17. The number of carboxylic acids is 1. The molecule has 0 aliphatic rings. The number of rotatable bonds is 4. The minimum atomic E-state index is -3.97. The maximum Gasteiger partial charge on any atom is 0.341 e. The SMILES string of the molecule is O=C(O)COc1ccc(S(=O)(=O)Cl)c2ccc(Cl)nc12. The highest BCUT2D eigenvalue weighted by Crippen LogP contribution is 2.32. The Kier molecular flexibility index (Phi) is 4.03. The second-order valence-electron chi connectivity index (χ2n) is 3.71. The third-order valence-electron chi connectivity index (χ3n) is 2.36. The molecule has 0 aliphatic heterocycles. The van der Waals surface area contributed by atoms with Crippen molar-refractivity contribution >= 4 is 48.2 Å². The molecule has 1 N–H and O–H groups in total. The first-order valence-corrected chi connectivity index (χ1v) is 7.86. The van der Waals surface area contributed by atoms with Crippen LogP contribution in [0.15, 0.2) is 29.2 Å². The molecule has 6 nitrogen and oxygen atoms in total. The molecular weight excluding hydrogens is 329 g/mol. The van der Waals surface area contributed by atoms with Crippen LogP contribution in [0.2, 0.25) is 5.15 Å². The Labute approximate surface area is 123 Å². The molecule has 0 radical (unpaired) electrons. The van der Waals surface area contributed by atoms with Gasteiger partial charge in [0.15, 0.2) is 6.61 Å². The summed E-state index contributed by atoms with van der Waals surface area (Å²) in [6, 6.07) is 5.32. The van der Waals surface area contributed by atoms with Crippen LogP contribution in [0.1, 0.15) is 0 Å². The van der Waals surface area contributed by atoms with Crippen molar-refractivity contribution in [1.82, 2.24) is 4.98 Å². The third kappa shape index (κ3) is 3.12. The number of pyridine rings is 1. The van der Waals surface area contributed by atoms with Gasteiger partial charge in [-0.05, 0) is 24.3 Å². The molecule has 20 heavy (non-hydrogen) atoms. The number of hydrogen-bond donors (Lipinski definition) is 1. The molecule has 0 spiro atoms. The minimum absolute atomic E-state index is 0.106. The number of fused-ring (bicyclic) bond motifs is 1. The lowest BCUT2D eigenvalue weighted by Gasteiger charge is -2.09. The van der Waals surface area contributed by atoms with Crippen molar-refractivity contribution in [2.24, 2.45) is 0 Å². The molecule has 0 fully saturated rings. The second-order valence-corrected chi connectivity index (χ2v) is 6.63. The summed E-state index contributed by atoms with van der Waals surface area (Å²) in [5.74, 6) is -1.07. The standard InChI is InChI=1S/C11H7Cl2NO5S/c12-9-4-1-6-8(20(13,17)18)3-2-7(11(6)14-9)19-5-10(15)16/h1-4H,5H2,(H,15,16). The smallest absolute Gasteiger partial charge is 0.341 e. The Morgan fingerprint density at radius 2 is 2.00 bits per heavy atom. The maximum atomic E-state index is 11.5. The van der Waals surface area contributed by atoms with E-state index in [4.69, 9.17) is 32.1 Å². The largest absolute Gasteiger partial charge is 0.480 e. The monoisotopic (exact) mass is 335 g/mol. The van der Waals surface area contributed by atoms with Gasteiger partial charge < -0.3 is 9.84 Å². The fourth-order valence-corrected chi connectivity index (χ4v) is 2.82. The van der Waals surface area contributed by atoms with E-state index < -0.39 is 21.6 Å². The summed E-state index contributed by atoms with van der Waals surface area (Å²) in [4.78, 5) is 14.3. The fourth-order valence-electron chi connectivity index (χ4n) is 1.61. The van der Waals surface area contributed by atoms with Gasteiger partial charge in [-0.15, -0.1) is 0 Å². The number of aliphatic carboxylic acids is 1. The van der Waals surface area contributed by atoms with Gasteiger partial charge in [-0.25, -0.2) is 18.2 Å². The molecule has 2 aromatic rings. The summed E-state index contributed by atoms with van der Waals surface area (Å²) in [7, 11) is 1.36. The molecule has 0 bridgehead atoms. The average Bonchev–Trinajstić information content (AvgIpc) is 2.34. The van der Waals surface area contributed by atoms with Gasteiger partial charge in [-0.2, -0.15) is 0 Å². The van der Waals surface area contributed by atoms with E-state index in [0.717, 1.165) is 0 Å². The maximum absolute atomic E-state index is 11.5. The van der Waals surface area contributed by atoms with E-state index in [2.05, 4.69) is 4.98 Å². The molecule has 1 heterocycles. The van der Waals surface area contributed by atoms with Gasteiger partial charge in [0.1, 0.15) is 16.4 Å². The van der Waals surface area contributed by atoms with Crippen LogP contribution in [0.4, 0.5) is 0 Å². The summed E-state index contributed by atoms with van der Waals surface area (Å²) in [5.41, 5.74) is 0.125. The molecule has 2 rings (SSSR count). The molecule has 1 aromatic carbocycles. The van der Waals surface area contributed by atoms with Crippen molar-refractivity contribution in [3.8, 4) is 5.75 Å². The Morgan fingerprint density at radius 3 is 2.60 bits per heavy atom. The molecule has 0 amide bonds. The zero-order valence-electron chi connectivity index (χ0n) is 9.71. The number of aromatic nitrogens is 1. The van der Waals surface area contributed by atoms with Crippen molar-refractivity contribution in [3.63, 3.8) is 0 Å². The predicted molar refractivity (Wildman–Crippen MR) is 72.9 cm³/mol. The van der Waals surface area contributed by atoms with Crippen molar-refractivity contribution in [1.29, 1.82) is 0 Å². The normalized spacial score (nSPS) is 11.5. The molecule has 1 aromatic heterocycles. The Balaban J connectivity index is 2.68. The predicted octanol–water partition coefficient (Wildman–Crippen LogP) is 2.28. The number of nitrogens with zero attached hydrogens (tertiary/aromatic N) is 1. The van der Waals surface area contributed by atoms with E-state index in [0.29, 0.717) is 0 Å². The molecule has 106 valence electrons. The number of carbonyl (C=O) groups is 1. The Morgan fingerprint density at radius 1 is 1.30 bits per heavy atom. The van der Waals surface area contributed by atoms with E-state index in [1.54, 1.807) is 0 Å². The zero-order chi connectivity index (χ0) is 14.9. The quantitative estimate of drug-likeness (QED) is 0.680. The molecule has 0 atom stereocenters. The first kappa shape index (κ1) is 14.8. The number of ether oxygens (including phenoxy) is 1. The van der Waals surface area contributed by atoms with Crippen molar-refractivity contribution in [3.05, 3.63) is 29.4 Å². The van der Waals surface area contributed by atoms with Gasteiger partial charge in [-0.3, -0.25) is 0 Å². The number of benzene rings is 1. The molecule has 0 saturated carbocycles. The summed E-state index contributed by atoms with van der Waals surface area (Å²) >= 11 is 5.75. The van der Waals surface area contributed by atoms with E-state index in [-0.39, 0.29) is 26.7 Å². The molecule has 0 aliphatic carbocycles. The van der Waals surface area contributed by atoms with Gasteiger partial charge in [0.2, 0.25) is 0 Å². The number of hydrogen-bond acceptors (Lipinski definition) is 5. The molecule has 0 unspecified atom stereocenters. The lowest BCUT2D eigenvalue weighted by molar-refractivity contribution is -0.139. The lowest BCUT2D eigenvalue weighted by atomic mass is 10.2. The fraction of sp³-hybridized carbons (Fsp3) is 0.0909. The second kappa shape index (κ2) is 5.43. The van der Waals surface area contributed by atoms with Crippen LogP contribution in [0.25, 0.3) is 10.9 Å². The van der Waals surface area contributed by atoms with Gasteiger partial charge in [0.25, 0.3) is 9.05 Å². The Bertz CT molecular complexity index is 791. The van der Waals surface area contributed by atoms with Crippen LogP contribution in [-0.2, 0) is 13.8 Å². The Hall–Kier alpha value is -1.57. The summed E-state index contributed by atoms with van der Waals surface area (Å²) in [6.07, 6.45) is 0. The van der Waals surface area contributed by atoms with E-state index in [9.17, 15) is 13.2 Å². The van der Waals surface area contributed by atoms with Crippen LogP contribution in [-0.4, -0.2) is 31.1 Å². The van der Waals surface area contributed by atoms with Gasteiger partial charge in [0.05, 0.1) is 4.90 Å². The first-order chi connectivity index (χ1) is 9.29. The lowest BCUT2D eigenvalue weighted by Crippen LogP contribution is -2.10. The molecule has 0 saturated heterocycles. The minimum Gasteiger partial charge on any atom is -0.480 e. The van der Waals surface area contributed by atoms with Crippen LogP contribution < -0.4 is 4.74 Å². The third-order valence-corrected chi connectivity index (χ3v) is 3.95. The number of halogens is 2. The van der Waals surface area contributed by atoms with E-state index >= 15 is 0 Å². The van der Waals surface area contributed by atoms with Crippen molar-refractivity contribution in [2.75, 3.05) is 6.61 Å². The molecular formula is C11H7Cl2NO5S. The highest BCUT2D eigenvalue weighted by molar-refractivity contribution is 8.14. The van der Waals surface area contributed by atoms with Crippen LogP contribution >= 0.6 is 22.3 Å². The highest BCUT2D eigenvalue weighted by Gasteiger charge is 2.18. The van der Waals surface area contributed by atoms with Crippen LogP contribution in [0, 0.1) is 0 Å². The van der Waals surface area contributed by atoms with Crippen LogP contribution in [0.3, 0.4) is 0 Å². The summed E-state index contributed by atoms with van der Waals surface area (Å²) in [5, 5.41) is 8.91. The average molecular weight is 336 g/mol. The van der Waals surface area contributed by atoms with Crippen molar-refractivity contribution in [2.45, 2.75) is 4.90 Å². The van der Waals surface area contributed by atoms with Gasteiger partial charge in [-0.1, -0.05) is 11.6 Å². The highest BCUT2D eigenvalue weighted by atomic mass is 35.7. The summed E-state index contributed by atoms with van der Waals surface area (Å²) < 4.78 is 28.0. The van der Waals surface area contributed by atoms with E-state index in [1.165, 1.54) is 24.3 Å². The van der Waals surface area contributed by atoms with Crippen LogP contribution in [0.5, 0.6) is 5.75 Å². The number of carboxylic acid groups (broad SMARTS) is 1. The molecule has 9 heteroatoms. The zero-order valence-corrected chi connectivity index (χ0v) is 12.0.